The third-order valence-corrected chi connectivity index (χ3v) is 4.55. The Bertz CT molecular complexity index is 234. The standard InChI is InChI=1S/C13H26N2O/c1-2-11-5-3-4-8-15(11)12-6-7-13(14,9-12)10-16/h11-12,16H,2-10,14H2,1H3. The number of piperidine rings is 1. The number of likely N-dealkylation sites (tertiary alicyclic amines) is 1. The van der Waals surface area contributed by atoms with Crippen LogP contribution in [-0.2, 0) is 0 Å². The molecule has 0 aromatic carbocycles. The van der Waals surface area contributed by atoms with E-state index >= 15 is 0 Å². The fourth-order valence-corrected chi connectivity index (χ4v) is 3.50. The second kappa shape index (κ2) is 5.03. The van der Waals surface area contributed by atoms with E-state index in [1.54, 1.807) is 0 Å². The topological polar surface area (TPSA) is 49.5 Å². The van der Waals surface area contributed by atoms with Gasteiger partial charge in [0.15, 0.2) is 0 Å². The molecule has 1 saturated heterocycles. The van der Waals surface area contributed by atoms with Crippen molar-refractivity contribution in [2.24, 2.45) is 5.73 Å². The first-order valence-electron chi connectivity index (χ1n) is 6.84. The van der Waals surface area contributed by atoms with Crippen molar-refractivity contribution in [1.29, 1.82) is 0 Å². The number of nitrogens with zero attached hydrogens (tertiary/aromatic N) is 1. The van der Waals surface area contributed by atoms with Crippen molar-refractivity contribution in [2.75, 3.05) is 13.2 Å². The Kier molecular flexibility index (Phi) is 3.88. The first-order chi connectivity index (χ1) is 7.68. The monoisotopic (exact) mass is 226 g/mol. The summed E-state index contributed by atoms with van der Waals surface area (Å²) in [6.45, 7) is 3.68. The maximum absolute atomic E-state index is 9.32. The molecule has 0 aromatic rings. The summed E-state index contributed by atoms with van der Waals surface area (Å²) >= 11 is 0. The van der Waals surface area contributed by atoms with Crippen LogP contribution in [0.4, 0.5) is 0 Å². The highest BCUT2D eigenvalue weighted by Gasteiger charge is 2.39. The zero-order valence-electron chi connectivity index (χ0n) is 10.5. The number of hydrogen-bond acceptors (Lipinski definition) is 3. The Morgan fingerprint density at radius 2 is 2.19 bits per heavy atom. The average Bonchev–Trinajstić information content (AvgIpc) is 2.73. The summed E-state index contributed by atoms with van der Waals surface area (Å²) in [7, 11) is 0. The van der Waals surface area contributed by atoms with Gasteiger partial charge in [-0.05, 0) is 45.1 Å². The van der Waals surface area contributed by atoms with Crippen LogP contribution in [0.15, 0.2) is 0 Å². The zero-order chi connectivity index (χ0) is 11.6. The van der Waals surface area contributed by atoms with Crippen molar-refractivity contribution in [3.8, 4) is 0 Å². The van der Waals surface area contributed by atoms with Crippen molar-refractivity contribution in [3.63, 3.8) is 0 Å². The lowest BCUT2D eigenvalue weighted by molar-refractivity contribution is 0.0869. The van der Waals surface area contributed by atoms with Gasteiger partial charge >= 0.3 is 0 Å². The predicted octanol–water partition coefficient (Wildman–Crippen LogP) is 1.49. The van der Waals surface area contributed by atoms with Gasteiger partial charge in [0.2, 0.25) is 0 Å². The second-order valence-electron chi connectivity index (χ2n) is 5.71. The molecule has 94 valence electrons. The average molecular weight is 226 g/mol. The van der Waals surface area contributed by atoms with Gasteiger partial charge in [0.05, 0.1) is 6.61 Å². The van der Waals surface area contributed by atoms with Gasteiger partial charge < -0.3 is 10.8 Å². The first kappa shape index (κ1) is 12.3. The summed E-state index contributed by atoms with van der Waals surface area (Å²) in [5, 5.41) is 9.32. The van der Waals surface area contributed by atoms with E-state index in [-0.39, 0.29) is 12.1 Å². The van der Waals surface area contributed by atoms with Crippen molar-refractivity contribution in [1.82, 2.24) is 4.90 Å². The van der Waals surface area contributed by atoms with Crippen LogP contribution in [0.25, 0.3) is 0 Å². The minimum atomic E-state index is -0.291. The lowest BCUT2D eigenvalue weighted by Crippen LogP contribution is -2.48. The molecule has 1 aliphatic carbocycles. The SMILES string of the molecule is CCC1CCCCN1C1CCC(N)(CO)C1. The quantitative estimate of drug-likeness (QED) is 0.766. The van der Waals surface area contributed by atoms with Crippen LogP contribution >= 0.6 is 0 Å². The number of hydrogen-bond donors (Lipinski definition) is 2. The molecule has 0 spiro atoms. The van der Waals surface area contributed by atoms with Gasteiger partial charge in [-0.2, -0.15) is 0 Å². The minimum absolute atomic E-state index is 0.147. The number of nitrogens with two attached hydrogens (primary N) is 1. The Balaban J connectivity index is 1.96. The second-order valence-corrected chi connectivity index (χ2v) is 5.71. The summed E-state index contributed by atoms with van der Waals surface area (Å²) in [6.07, 6.45) is 8.48. The molecular formula is C13H26N2O. The van der Waals surface area contributed by atoms with Gasteiger partial charge in [0.25, 0.3) is 0 Å². The molecule has 2 fully saturated rings. The summed E-state index contributed by atoms with van der Waals surface area (Å²) in [5.74, 6) is 0. The van der Waals surface area contributed by atoms with E-state index in [0.717, 1.165) is 18.9 Å². The van der Waals surface area contributed by atoms with Gasteiger partial charge in [0.1, 0.15) is 0 Å². The van der Waals surface area contributed by atoms with Crippen LogP contribution in [0.2, 0.25) is 0 Å². The van der Waals surface area contributed by atoms with Crippen LogP contribution in [0.1, 0.15) is 51.9 Å². The Morgan fingerprint density at radius 3 is 2.81 bits per heavy atom. The molecular weight excluding hydrogens is 200 g/mol. The van der Waals surface area contributed by atoms with E-state index in [4.69, 9.17) is 5.73 Å². The summed E-state index contributed by atoms with van der Waals surface area (Å²) in [4.78, 5) is 2.67. The molecule has 2 aliphatic rings. The maximum Gasteiger partial charge on any atom is 0.0611 e. The maximum atomic E-state index is 9.32. The molecule has 1 aliphatic heterocycles. The van der Waals surface area contributed by atoms with E-state index < -0.39 is 0 Å². The molecule has 1 heterocycles. The molecule has 0 radical (unpaired) electrons. The van der Waals surface area contributed by atoms with Crippen LogP contribution in [0, 0.1) is 0 Å². The van der Waals surface area contributed by atoms with Crippen LogP contribution in [0.3, 0.4) is 0 Å². The van der Waals surface area contributed by atoms with Gasteiger partial charge in [-0.15, -0.1) is 0 Å². The number of aliphatic hydroxyl groups is 1. The fourth-order valence-electron chi connectivity index (χ4n) is 3.50. The number of rotatable bonds is 3. The smallest absolute Gasteiger partial charge is 0.0611 e. The molecule has 3 N–H and O–H groups in total. The predicted molar refractivity (Wildman–Crippen MR) is 66.3 cm³/mol. The molecule has 3 nitrogen and oxygen atoms in total. The Labute approximate surface area is 99.0 Å². The molecule has 0 bridgehead atoms. The lowest BCUT2D eigenvalue weighted by atomic mass is 9.95. The van der Waals surface area contributed by atoms with Crippen molar-refractivity contribution < 1.29 is 5.11 Å². The number of aliphatic hydroxyl groups excluding tert-OH is 1. The van der Waals surface area contributed by atoms with E-state index in [1.165, 1.54) is 38.6 Å². The van der Waals surface area contributed by atoms with Crippen molar-refractivity contribution in [2.45, 2.75) is 69.5 Å². The molecule has 3 atom stereocenters. The normalized spacial score (nSPS) is 41.4. The van der Waals surface area contributed by atoms with E-state index in [1.807, 2.05) is 0 Å². The molecule has 0 amide bonds. The fraction of sp³-hybridized carbons (Fsp3) is 1.00. The highest BCUT2D eigenvalue weighted by atomic mass is 16.3. The molecule has 0 aromatic heterocycles. The minimum Gasteiger partial charge on any atom is -0.394 e. The van der Waals surface area contributed by atoms with Crippen LogP contribution in [0.5, 0.6) is 0 Å². The third kappa shape index (κ3) is 2.41. The van der Waals surface area contributed by atoms with Crippen molar-refractivity contribution >= 4 is 0 Å². The molecule has 3 heteroatoms. The Hall–Kier alpha value is -0.120. The van der Waals surface area contributed by atoms with Gasteiger partial charge in [-0.1, -0.05) is 13.3 Å². The highest BCUT2D eigenvalue weighted by Crippen LogP contribution is 2.34. The highest BCUT2D eigenvalue weighted by molar-refractivity contribution is 4.98. The zero-order valence-corrected chi connectivity index (χ0v) is 10.5. The lowest BCUT2D eigenvalue weighted by Gasteiger charge is -2.40. The molecule has 3 unspecified atom stereocenters. The van der Waals surface area contributed by atoms with Crippen LogP contribution in [-0.4, -0.2) is 40.8 Å². The van der Waals surface area contributed by atoms with Crippen molar-refractivity contribution in [3.05, 3.63) is 0 Å². The molecule has 2 rings (SSSR count). The third-order valence-electron chi connectivity index (χ3n) is 4.55. The summed E-state index contributed by atoms with van der Waals surface area (Å²) in [6, 6.07) is 1.39. The van der Waals surface area contributed by atoms with Gasteiger partial charge in [-0.3, -0.25) is 4.90 Å². The van der Waals surface area contributed by atoms with E-state index in [0.29, 0.717) is 6.04 Å². The summed E-state index contributed by atoms with van der Waals surface area (Å²) < 4.78 is 0. The molecule has 1 saturated carbocycles. The van der Waals surface area contributed by atoms with E-state index in [9.17, 15) is 5.11 Å². The van der Waals surface area contributed by atoms with Gasteiger partial charge in [-0.25, -0.2) is 0 Å². The largest absolute Gasteiger partial charge is 0.394 e. The Morgan fingerprint density at radius 1 is 1.38 bits per heavy atom. The first-order valence-corrected chi connectivity index (χ1v) is 6.84. The van der Waals surface area contributed by atoms with E-state index in [2.05, 4.69) is 11.8 Å². The molecule has 16 heavy (non-hydrogen) atoms. The summed E-state index contributed by atoms with van der Waals surface area (Å²) in [5.41, 5.74) is 5.87. The van der Waals surface area contributed by atoms with Crippen LogP contribution < -0.4 is 5.73 Å². The van der Waals surface area contributed by atoms with Gasteiger partial charge in [0, 0.05) is 17.6 Å².